The van der Waals surface area contributed by atoms with Crippen molar-refractivity contribution in [3.8, 4) is 0 Å². The van der Waals surface area contributed by atoms with Gasteiger partial charge >= 0.3 is 6.18 Å². The molecule has 1 amide bonds. The maximum Gasteiger partial charge on any atom is 0.417 e. The summed E-state index contributed by atoms with van der Waals surface area (Å²) in [5.74, 6) is 0.761. The van der Waals surface area contributed by atoms with Crippen molar-refractivity contribution in [1.29, 1.82) is 0 Å². The van der Waals surface area contributed by atoms with E-state index < -0.39 is 11.7 Å². The van der Waals surface area contributed by atoms with Crippen LogP contribution in [0.3, 0.4) is 0 Å². The maximum absolute atomic E-state index is 12.5. The van der Waals surface area contributed by atoms with Crippen LogP contribution in [0.1, 0.15) is 40.6 Å². The number of pyridine rings is 1. The zero-order chi connectivity index (χ0) is 17.3. The average molecular weight is 339 g/mol. The van der Waals surface area contributed by atoms with Crippen LogP contribution in [0.4, 0.5) is 13.2 Å². The van der Waals surface area contributed by atoms with Gasteiger partial charge < -0.3 is 9.47 Å². The third-order valence-electron chi connectivity index (χ3n) is 4.20. The number of rotatable bonds is 2. The van der Waals surface area contributed by atoms with Gasteiger partial charge in [-0.25, -0.2) is 0 Å². The highest BCUT2D eigenvalue weighted by molar-refractivity contribution is 5.92. The van der Waals surface area contributed by atoms with E-state index in [9.17, 15) is 18.0 Å². The Labute approximate surface area is 136 Å². The number of nitrogens with zero attached hydrogens (tertiary/aromatic N) is 5. The predicted molar refractivity (Wildman–Crippen MR) is 78.1 cm³/mol. The number of amides is 1. The fraction of sp³-hybridized carbons (Fsp3) is 0.467. The molecule has 1 aliphatic heterocycles. The molecule has 0 aromatic carbocycles. The summed E-state index contributed by atoms with van der Waals surface area (Å²) < 4.78 is 39.5. The number of hydrogen-bond acceptors (Lipinski definition) is 4. The fourth-order valence-corrected chi connectivity index (χ4v) is 2.85. The first-order valence-electron chi connectivity index (χ1n) is 7.52. The number of carbonyl (C=O) groups excluding carboxylic acids is 1. The van der Waals surface area contributed by atoms with Gasteiger partial charge in [-0.15, -0.1) is 10.2 Å². The lowest BCUT2D eigenvalue weighted by Crippen LogP contribution is -2.38. The summed E-state index contributed by atoms with van der Waals surface area (Å²) in [6, 6.07) is 2.01. The zero-order valence-electron chi connectivity index (χ0n) is 13.0. The number of aromatic nitrogens is 4. The number of alkyl halides is 3. The zero-order valence-corrected chi connectivity index (χ0v) is 13.0. The molecule has 3 heterocycles. The summed E-state index contributed by atoms with van der Waals surface area (Å²) in [7, 11) is 1.87. The second-order valence-corrected chi connectivity index (χ2v) is 5.80. The molecular weight excluding hydrogens is 323 g/mol. The van der Waals surface area contributed by atoms with E-state index in [-0.39, 0.29) is 17.5 Å². The van der Waals surface area contributed by atoms with Crippen molar-refractivity contribution < 1.29 is 18.0 Å². The Morgan fingerprint density at radius 2 is 1.96 bits per heavy atom. The van der Waals surface area contributed by atoms with Gasteiger partial charge in [0.2, 0.25) is 0 Å². The number of halogens is 3. The van der Waals surface area contributed by atoms with Crippen molar-refractivity contribution >= 4 is 5.91 Å². The summed E-state index contributed by atoms with van der Waals surface area (Å²) >= 11 is 0. The fourth-order valence-electron chi connectivity index (χ4n) is 2.85. The Balaban J connectivity index is 1.64. The van der Waals surface area contributed by atoms with E-state index in [1.54, 1.807) is 11.2 Å². The van der Waals surface area contributed by atoms with Crippen LogP contribution in [0.25, 0.3) is 0 Å². The first-order valence-corrected chi connectivity index (χ1v) is 7.52. The van der Waals surface area contributed by atoms with Gasteiger partial charge in [-0.3, -0.25) is 9.78 Å². The van der Waals surface area contributed by atoms with Crippen LogP contribution in [0.5, 0.6) is 0 Å². The van der Waals surface area contributed by atoms with Crippen molar-refractivity contribution in [2.75, 3.05) is 13.1 Å². The minimum absolute atomic E-state index is 0.0279. The Morgan fingerprint density at radius 1 is 1.25 bits per heavy atom. The molecule has 24 heavy (non-hydrogen) atoms. The first-order chi connectivity index (χ1) is 11.4. The van der Waals surface area contributed by atoms with E-state index in [0.717, 1.165) is 30.8 Å². The standard InChI is InChI=1S/C15H16F3N5O/c1-22-9-20-21-13(22)10-4-6-23(7-5-10)14(24)12-3-2-11(8-19-12)15(16,17)18/h2-3,8-10H,4-7H2,1H3. The van der Waals surface area contributed by atoms with Crippen LogP contribution < -0.4 is 0 Å². The molecule has 1 saturated heterocycles. The van der Waals surface area contributed by atoms with Crippen molar-refractivity contribution in [2.24, 2.45) is 7.05 Å². The molecule has 2 aromatic heterocycles. The lowest BCUT2D eigenvalue weighted by molar-refractivity contribution is -0.137. The molecule has 0 bridgehead atoms. The largest absolute Gasteiger partial charge is 0.417 e. The summed E-state index contributed by atoms with van der Waals surface area (Å²) in [4.78, 5) is 17.6. The van der Waals surface area contributed by atoms with Crippen LogP contribution in [-0.4, -0.2) is 43.6 Å². The minimum atomic E-state index is -4.46. The van der Waals surface area contributed by atoms with Gasteiger partial charge in [-0.1, -0.05) is 0 Å². The lowest BCUT2D eigenvalue weighted by atomic mass is 9.95. The van der Waals surface area contributed by atoms with E-state index >= 15 is 0 Å². The Morgan fingerprint density at radius 3 is 2.46 bits per heavy atom. The van der Waals surface area contributed by atoms with E-state index in [0.29, 0.717) is 19.3 Å². The quantitative estimate of drug-likeness (QED) is 0.842. The third kappa shape index (κ3) is 3.24. The molecule has 0 aliphatic carbocycles. The second kappa shape index (κ2) is 6.21. The lowest BCUT2D eigenvalue weighted by Gasteiger charge is -2.31. The Bertz CT molecular complexity index is 717. The van der Waals surface area contributed by atoms with Crippen LogP contribution in [0.15, 0.2) is 24.7 Å². The van der Waals surface area contributed by atoms with Crippen LogP contribution in [0.2, 0.25) is 0 Å². The highest BCUT2D eigenvalue weighted by atomic mass is 19.4. The summed E-state index contributed by atoms with van der Waals surface area (Å²) in [5.41, 5.74) is -0.833. The molecule has 1 aliphatic rings. The highest BCUT2D eigenvalue weighted by Crippen LogP contribution is 2.29. The second-order valence-electron chi connectivity index (χ2n) is 5.80. The van der Waals surface area contributed by atoms with Gasteiger partial charge in [0, 0.05) is 32.3 Å². The predicted octanol–water partition coefficient (Wildman–Crippen LogP) is 2.25. The van der Waals surface area contributed by atoms with E-state index in [1.165, 1.54) is 0 Å². The van der Waals surface area contributed by atoms with Gasteiger partial charge in [-0.05, 0) is 25.0 Å². The monoisotopic (exact) mass is 339 g/mol. The minimum Gasteiger partial charge on any atom is -0.337 e. The average Bonchev–Trinajstić information content (AvgIpc) is 3.00. The van der Waals surface area contributed by atoms with Gasteiger partial charge in [0.15, 0.2) is 0 Å². The molecule has 2 aromatic rings. The summed E-state index contributed by atoms with van der Waals surface area (Å²) in [5, 5.41) is 7.95. The van der Waals surface area contributed by atoms with Crippen LogP contribution in [-0.2, 0) is 13.2 Å². The molecule has 9 heteroatoms. The van der Waals surface area contributed by atoms with Gasteiger partial charge in [-0.2, -0.15) is 13.2 Å². The van der Waals surface area contributed by atoms with Crippen molar-refractivity contribution in [2.45, 2.75) is 24.9 Å². The molecule has 1 fully saturated rings. The van der Waals surface area contributed by atoms with Gasteiger partial charge in [0.05, 0.1) is 5.56 Å². The van der Waals surface area contributed by atoms with E-state index in [4.69, 9.17) is 0 Å². The molecule has 0 unspecified atom stereocenters. The van der Waals surface area contributed by atoms with Crippen molar-refractivity contribution in [3.63, 3.8) is 0 Å². The smallest absolute Gasteiger partial charge is 0.337 e. The van der Waals surface area contributed by atoms with Gasteiger partial charge in [0.1, 0.15) is 17.8 Å². The van der Waals surface area contributed by atoms with Crippen LogP contribution >= 0.6 is 0 Å². The molecule has 0 N–H and O–H groups in total. The molecule has 0 spiro atoms. The Hall–Kier alpha value is -2.45. The molecule has 6 nitrogen and oxygen atoms in total. The molecule has 128 valence electrons. The molecule has 3 rings (SSSR count). The third-order valence-corrected chi connectivity index (χ3v) is 4.20. The highest BCUT2D eigenvalue weighted by Gasteiger charge is 2.32. The van der Waals surface area contributed by atoms with Crippen molar-refractivity contribution in [3.05, 3.63) is 41.7 Å². The van der Waals surface area contributed by atoms with E-state index in [1.807, 2.05) is 11.6 Å². The van der Waals surface area contributed by atoms with Crippen molar-refractivity contribution in [1.82, 2.24) is 24.6 Å². The normalized spacial score (nSPS) is 16.4. The van der Waals surface area contributed by atoms with Crippen LogP contribution in [0, 0.1) is 0 Å². The topological polar surface area (TPSA) is 63.9 Å². The van der Waals surface area contributed by atoms with E-state index in [2.05, 4.69) is 15.2 Å². The summed E-state index contributed by atoms with van der Waals surface area (Å²) in [6.45, 7) is 1.03. The molecule has 0 atom stereocenters. The number of carbonyl (C=O) groups is 1. The summed E-state index contributed by atoms with van der Waals surface area (Å²) in [6.07, 6.45) is -0.653. The number of aryl methyl sites for hydroxylation is 1. The molecule has 0 saturated carbocycles. The number of piperidine rings is 1. The number of likely N-dealkylation sites (tertiary alicyclic amines) is 1. The number of hydrogen-bond donors (Lipinski definition) is 0. The van der Waals surface area contributed by atoms with Gasteiger partial charge in [0.25, 0.3) is 5.91 Å². The first kappa shape index (κ1) is 16.4. The maximum atomic E-state index is 12.5. The molecular formula is C15H16F3N5O. The SMILES string of the molecule is Cn1cnnc1C1CCN(C(=O)c2ccc(C(F)(F)F)cn2)CC1. The Kier molecular flexibility index (Phi) is 4.25. The molecule has 0 radical (unpaired) electrons.